The molecule has 4 nitrogen and oxygen atoms in total. The standard InChI is InChI=1S/C10H17N3O/c1-7(8-4-3-5-8)10(14)9-6-13(2)12-11-9/h6-8,10,14H,3-5H2,1-2H3. The Kier molecular flexibility index (Phi) is 2.54. The Morgan fingerprint density at radius 3 is 2.71 bits per heavy atom. The lowest BCUT2D eigenvalue weighted by molar-refractivity contribution is 0.0504. The number of aromatic nitrogens is 3. The van der Waals surface area contributed by atoms with Crippen LogP contribution >= 0.6 is 0 Å². The molecule has 1 N–H and O–H groups in total. The molecule has 0 aromatic carbocycles. The Morgan fingerprint density at radius 1 is 1.57 bits per heavy atom. The Balaban J connectivity index is 2.03. The van der Waals surface area contributed by atoms with E-state index in [1.54, 1.807) is 10.9 Å². The second-order valence-corrected chi connectivity index (χ2v) is 4.31. The zero-order valence-electron chi connectivity index (χ0n) is 8.72. The van der Waals surface area contributed by atoms with E-state index in [0.717, 1.165) is 0 Å². The van der Waals surface area contributed by atoms with Gasteiger partial charge in [-0.1, -0.05) is 31.4 Å². The Labute approximate surface area is 83.9 Å². The highest BCUT2D eigenvalue weighted by Gasteiger charge is 2.30. The van der Waals surface area contributed by atoms with Crippen LogP contribution in [0.1, 0.15) is 38.0 Å². The molecule has 1 fully saturated rings. The summed E-state index contributed by atoms with van der Waals surface area (Å²) in [5, 5.41) is 17.8. The van der Waals surface area contributed by atoms with Gasteiger partial charge >= 0.3 is 0 Å². The molecule has 0 spiro atoms. The van der Waals surface area contributed by atoms with Crippen molar-refractivity contribution in [3.8, 4) is 0 Å². The van der Waals surface area contributed by atoms with Crippen molar-refractivity contribution in [1.82, 2.24) is 15.0 Å². The molecule has 0 saturated heterocycles. The maximum atomic E-state index is 10.0. The summed E-state index contributed by atoms with van der Waals surface area (Å²) in [6, 6.07) is 0. The highest BCUT2D eigenvalue weighted by atomic mass is 16.3. The van der Waals surface area contributed by atoms with Gasteiger partial charge in [-0.25, -0.2) is 0 Å². The summed E-state index contributed by atoms with van der Waals surface area (Å²) in [6.45, 7) is 2.10. The zero-order valence-corrected chi connectivity index (χ0v) is 8.72. The maximum Gasteiger partial charge on any atom is 0.111 e. The third-order valence-electron chi connectivity index (χ3n) is 3.31. The van der Waals surface area contributed by atoms with Crippen LogP contribution in [0.2, 0.25) is 0 Å². The topological polar surface area (TPSA) is 50.9 Å². The molecule has 1 aromatic heterocycles. The highest BCUT2D eigenvalue weighted by Crippen LogP contribution is 2.38. The quantitative estimate of drug-likeness (QED) is 0.790. The molecule has 0 aliphatic heterocycles. The van der Waals surface area contributed by atoms with Crippen LogP contribution in [0.5, 0.6) is 0 Å². The molecule has 4 heteroatoms. The lowest BCUT2D eigenvalue weighted by Gasteiger charge is -2.33. The summed E-state index contributed by atoms with van der Waals surface area (Å²) in [5.41, 5.74) is 0.701. The van der Waals surface area contributed by atoms with Crippen LogP contribution in [-0.2, 0) is 7.05 Å². The van der Waals surface area contributed by atoms with Crippen LogP contribution in [0.25, 0.3) is 0 Å². The molecular weight excluding hydrogens is 178 g/mol. The molecule has 1 aliphatic carbocycles. The molecule has 1 heterocycles. The predicted octanol–water partition coefficient (Wildman–Crippen LogP) is 1.28. The van der Waals surface area contributed by atoms with Crippen LogP contribution in [0.15, 0.2) is 6.20 Å². The van der Waals surface area contributed by atoms with E-state index in [0.29, 0.717) is 17.5 Å². The van der Waals surface area contributed by atoms with Gasteiger partial charge in [-0.15, -0.1) is 5.10 Å². The highest BCUT2D eigenvalue weighted by molar-refractivity contribution is 5.00. The average Bonchev–Trinajstić information content (AvgIpc) is 2.47. The summed E-state index contributed by atoms with van der Waals surface area (Å²) < 4.78 is 1.63. The van der Waals surface area contributed by atoms with Gasteiger partial charge in [-0.3, -0.25) is 4.68 Å². The molecular formula is C10H17N3O. The SMILES string of the molecule is CC(C1CCC1)C(O)c1cn(C)nn1. The molecule has 0 bridgehead atoms. The lowest BCUT2D eigenvalue weighted by Crippen LogP contribution is -2.25. The number of hydrogen-bond acceptors (Lipinski definition) is 3. The minimum absolute atomic E-state index is 0.306. The second-order valence-electron chi connectivity index (χ2n) is 4.31. The van der Waals surface area contributed by atoms with E-state index in [-0.39, 0.29) is 0 Å². The third kappa shape index (κ3) is 1.66. The van der Waals surface area contributed by atoms with Crippen LogP contribution in [0.4, 0.5) is 0 Å². The first-order valence-electron chi connectivity index (χ1n) is 5.23. The van der Waals surface area contributed by atoms with Crippen molar-refractivity contribution in [2.24, 2.45) is 18.9 Å². The molecule has 2 unspecified atom stereocenters. The fourth-order valence-corrected chi connectivity index (χ4v) is 1.99. The van der Waals surface area contributed by atoms with E-state index in [1.165, 1.54) is 19.3 Å². The Bertz CT molecular complexity index is 306. The molecule has 78 valence electrons. The normalized spacial score (nSPS) is 21.6. The molecule has 1 saturated carbocycles. The van der Waals surface area contributed by atoms with Crippen molar-refractivity contribution in [2.45, 2.75) is 32.3 Å². The van der Waals surface area contributed by atoms with Gasteiger partial charge < -0.3 is 5.11 Å². The van der Waals surface area contributed by atoms with Gasteiger partial charge in [-0.05, 0) is 11.8 Å². The predicted molar refractivity (Wildman–Crippen MR) is 52.5 cm³/mol. The summed E-state index contributed by atoms with van der Waals surface area (Å²) in [4.78, 5) is 0. The van der Waals surface area contributed by atoms with Crippen molar-refractivity contribution in [1.29, 1.82) is 0 Å². The van der Waals surface area contributed by atoms with E-state index in [1.807, 2.05) is 7.05 Å². The monoisotopic (exact) mass is 195 g/mol. The molecule has 2 rings (SSSR count). The summed E-state index contributed by atoms with van der Waals surface area (Å²) >= 11 is 0. The smallest absolute Gasteiger partial charge is 0.111 e. The van der Waals surface area contributed by atoms with Crippen molar-refractivity contribution in [3.05, 3.63) is 11.9 Å². The van der Waals surface area contributed by atoms with Gasteiger partial charge in [0.1, 0.15) is 11.8 Å². The van der Waals surface area contributed by atoms with Gasteiger partial charge in [0, 0.05) is 7.05 Å². The van der Waals surface area contributed by atoms with E-state index >= 15 is 0 Å². The summed E-state index contributed by atoms with van der Waals surface area (Å²) in [5.74, 6) is 0.979. The number of nitrogens with zero attached hydrogens (tertiary/aromatic N) is 3. The zero-order chi connectivity index (χ0) is 10.1. The van der Waals surface area contributed by atoms with Crippen LogP contribution < -0.4 is 0 Å². The number of hydrogen-bond donors (Lipinski definition) is 1. The number of rotatable bonds is 3. The summed E-state index contributed by atoms with van der Waals surface area (Å²) in [7, 11) is 1.82. The van der Waals surface area contributed by atoms with Gasteiger partial charge in [-0.2, -0.15) is 0 Å². The van der Waals surface area contributed by atoms with E-state index in [4.69, 9.17) is 0 Å². The van der Waals surface area contributed by atoms with Crippen molar-refractivity contribution in [2.75, 3.05) is 0 Å². The van der Waals surface area contributed by atoms with Gasteiger partial charge in [0.15, 0.2) is 0 Å². The van der Waals surface area contributed by atoms with Gasteiger partial charge in [0.05, 0.1) is 6.20 Å². The van der Waals surface area contributed by atoms with Crippen molar-refractivity contribution >= 4 is 0 Å². The number of aryl methyl sites for hydroxylation is 1. The first-order valence-corrected chi connectivity index (χ1v) is 5.23. The van der Waals surface area contributed by atoms with Crippen molar-refractivity contribution < 1.29 is 5.11 Å². The summed E-state index contributed by atoms with van der Waals surface area (Å²) in [6.07, 6.45) is 5.15. The lowest BCUT2D eigenvalue weighted by atomic mass is 9.74. The van der Waals surface area contributed by atoms with E-state index in [2.05, 4.69) is 17.2 Å². The minimum Gasteiger partial charge on any atom is -0.386 e. The Morgan fingerprint density at radius 2 is 2.29 bits per heavy atom. The first-order chi connectivity index (χ1) is 6.68. The third-order valence-corrected chi connectivity index (χ3v) is 3.31. The van der Waals surface area contributed by atoms with E-state index in [9.17, 15) is 5.11 Å². The fourth-order valence-electron chi connectivity index (χ4n) is 1.99. The molecule has 0 amide bonds. The molecule has 14 heavy (non-hydrogen) atoms. The Hall–Kier alpha value is -0.900. The molecule has 0 radical (unpaired) electrons. The first kappa shape index (κ1) is 9.65. The average molecular weight is 195 g/mol. The molecule has 1 aliphatic rings. The van der Waals surface area contributed by atoms with Gasteiger partial charge in [0.25, 0.3) is 0 Å². The van der Waals surface area contributed by atoms with Crippen LogP contribution in [0, 0.1) is 11.8 Å². The fraction of sp³-hybridized carbons (Fsp3) is 0.800. The maximum absolute atomic E-state index is 10.0. The van der Waals surface area contributed by atoms with Crippen molar-refractivity contribution in [3.63, 3.8) is 0 Å². The van der Waals surface area contributed by atoms with Crippen LogP contribution in [0.3, 0.4) is 0 Å². The number of aliphatic hydroxyl groups excluding tert-OH is 1. The molecule has 2 atom stereocenters. The number of aliphatic hydroxyl groups is 1. The second kappa shape index (κ2) is 3.69. The molecule has 1 aromatic rings. The van der Waals surface area contributed by atoms with Crippen LogP contribution in [-0.4, -0.2) is 20.1 Å². The minimum atomic E-state index is -0.450. The van der Waals surface area contributed by atoms with Gasteiger partial charge in [0.2, 0.25) is 0 Å². The largest absolute Gasteiger partial charge is 0.386 e. The van der Waals surface area contributed by atoms with E-state index < -0.39 is 6.10 Å².